The second-order valence-electron chi connectivity index (χ2n) is 7.45. The number of hydrogen-bond donors (Lipinski definition) is 2. The molecule has 4 rings (SSSR count). The maximum Gasteiger partial charge on any atom is 0.305 e. The normalized spacial score (nSPS) is 19.0. The molecule has 27 heavy (non-hydrogen) atoms. The van der Waals surface area contributed by atoms with Gasteiger partial charge in [0.05, 0.1) is 23.0 Å². The van der Waals surface area contributed by atoms with Crippen molar-refractivity contribution in [2.75, 3.05) is 13.2 Å². The van der Waals surface area contributed by atoms with Gasteiger partial charge < -0.3 is 15.2 Å². The number of hydrogen-bond acceptors (Lipinski definition) is 4. The van der Waals surface area contributed by atoms with Crippen LogP contribution in [0.5, 0.6) is 0 Å². The molecule has 0 bridgehead atoms. The number of aliphatic carboxylic acids is 1. The molecule has 0 atom stereocenters. The Labute approximate surface area is 161 Å². The van der Waals surface area contributed by atoms with Crippen LogP contribution in [-0.4, -0.2) is 40.7 Å². The van der Waals surface area contributed by atoms with Crippen molar-refractivity contribution in [2.24, 2.45) is 0 Å². The van der Waals surface area contributed by atoms with Gasteiger partial charge in [0.15, 0.2) is 0 Å². The van der Waals surface area contributed by atoms with Crippen molar-refractivity contribution in [3.8, 4) is 0 Å². The Morgan fingerprint density at radius 2 is 2.00 bits per heavy atom. The maximum absolute atomic E-state index is 13.2. The Balaban J connectivity index is 1.72. The Kier molecular flexibility index (Phi) is 4.78. The molecule has 1 saturated heterocycles. The molecule has 2 fully saturated rings. The van der Waals surface area contributed by atoms with Crippen LogP contribution in [-0.2, 0) is 9.53 Å². The molecule has 2 N–H and O–H groups in total. The summed E-state index contributed by atoms with van der Waals surface area (Å²) < 4.78 is 5.37. The minimum absolute atomic E-state index is 0.124. The predicted molar refractivity (Wildman–Crippen MR) is 101 cm³/mol. The van der Waals surface area contributed by atoms with E-state index >= 15 is 0 Å². The average Bonchev–Trinajstić information content (AvgIpc) is 3.46. The number of halogens is 1. The standard InChI is InChI=1S/C20H21ClN2O4/c21-13-3-4-16-14(9-13)15(10-17(22-16)12-1-2-12)19(26)23-20(11-18(24)25)5-7-27-8-6-20/h3-4,9-10,12H,1-2,5-8,11H2,(H,23,26)(H,24,25). The van der Waals surface area contributed by atoms with Crippen molar-refractivity contribution >= 4 is 34.4 Å². The van der Waals surface area contributed by atoms with Gasteiger partial charge in [-0.2, -0.15) is 0 Å². The van der Waals surface area contributed by atoms with E-state index in [1.807, 2.05) is 12.1 Å². The van der Waals surface area contributed by atoms with Crippen LogP contribution in [0.15, 0.2) is 24.3 Å². The van der Waals surface area contributed by atoms with Crippen molar-refractivity contribution in [3.63, 3.8) is 0 Å². The molecular formula is C20H21ClN2O4. The number of fused-ring (bicyclic) bond motifs is 1. The van der Waals surface area contributed by atoms with Crippen LogP contribution in [0.2, 0.25) is 5.02 Å². The van der Waals surface area contributed by atoms with Crippen molar-refractivity contribution < 1.29 is 19.4 Å². The second kappa shape index (κ2) is 7.09. The molecule has 142 valence electrons. The summed E-state index contributed by atoms with van der Waals surface area (Å²) in [5, 5.41) is 13.5. The van der Waals surface area contributed by atoms with E-state index in [1.54, 1.807) is 12.1 Å². The summed E-state index contributed by atoms with van der Waals surface area (Å²) in [6, 6.07) is 7.16. The molecule has 6 nitrogen and oxygen atoms in total. The first-order valence-electron chi connectivity index (χ1n) is 9.18. The van der Waals surface area contributed by atoms with E-state index < -0.39 is 11.5 Å². The van der Waals surface area contributed by atoms with E-state index in [-0.39, 0.29) is 12.3 Å². The van der Waals surface area contributed by atoms with Crippen molar-refractivity contribution in [1.82, 2.24) is 10.3 Å². The summed E-state index contributed by atoms with van der Waals surface area (Å²) >= 11 is 6.14. The zero-order valence-electron chi connectivity index (χ0n) is 14.8. The number of amides is 1. The van der Waals surface area contributed by atoms with Crippen molar-refractivity contribution in [1.29, 1.82) is 0 Å². The zero-order valence-corrected chi connectivity index (χ0v) is 15.6. The van der Waals surface area contributed by atoms with Gasteiger partial charge in [-0.25, -0.2) is 0 Å². The number of ether oxygens (including phenoxy) is 1. The van der Waals surface area contributed by atoms with E-state index in [1.165, 1.54) is 0 Å². The first kappa shape index (κ1) is 18.2. The Bertz CT molecular complexity index is 904. The largest absolute Gasteiger partial charge is 0.481 e. The quantitative estimate of drug-likeness (QED) is 0.818. The smallest absolute Gasteiger partial charge is 0.305 e. The van der Waals surface area contributed by atoms with Crippen LogP contribution >= 0.6 is 11.6 Å². The summed E-state index contributed by atoms with van der Waals surface area (Å²) in [6.07, 6.45) is 2.98. The van der Waals surface area contributed by atoms with Gasteiger partial charge in [-0.1, -0.05) is 11.6 Å². The second-order valence-corrected chi connectivity index (χ2v) is 7.88. The number of pyridine rings is 1. The molecule has 1 aliphatic carbocycles. The van der Waals surface area contributed by atoms with E-state index in [0.29, 0.717) is 47.9 Å². The van der Waals surface area contributed by atoms with Crippen LogP contribution in [0.4, 0.5) is 0 Å². The van der Waals surface area contributed by atoms with Gasteiger partial charge in [0.2, 0.25) is 0 Å². The fraction of sp³-hybridized carbons (Fsp3) is 0.450. The minimum atomic E-state index is -0.932. The van der Waals surface area contributed by atoms with Gasteiger partial charge in [-0.15, -0.1) is 0 Å². The minimum Gasteiger partial charge on any atom is -0.481 e. The van der Waals surface area contributed by atoms with Crippen LogP contribution in [0.1, 0.15) is 54.1 Å². The van der Waals surface area contributed by atoms with E-state index in [4.69, 9.17) is 16.3 Å². The molecular weight excluding hydrogens is 368 g/mol. The number of rotatable bonds is 5. The lowest BCUT2D eigenvalue weighted by Gasteiger charge is -2.37. The first-order chi connectivity index (χ1) is 13.0. The van der Waals surface area contributed by atoms with E-state index in [0.717, 1.165) is 24.1 Å². The summed E-state index contributed by atoms with van der Waals surface area (Å²) in [4.78, 5) is 29.3. The molecule has 1 amide bonds. The fourth-order valence-electron chi connectivity index (χ4n) is 3.70. The average molecular weight is 389 g/mol. The highest BCUT2D eigenvalue weighted by atomic mass is 35.5. The highest BCUT2D eigenvalue weighted by molar-refractivity contribution is 6.31. The molecule has 7 heteroatoms. The number of carboxylic acids is 1. The maximum atomic E-state index is 13.2. The van der Waals surface area contributed by atoms with E-state index in [9.17, 15) is 14.7 Å². The SMILES string of the molecule is O=C(O)CC1(NC(=O)c2cc(C3CC3)nc3ccc(Cl)cc23)CCOCC1. The molecule has 0 unspecified atom stereocenters. The molecule has 1 aliphatic heterocycles. The highest BCUT2D eigenvalue weighted by Crippen LogP contribution is 2.40. The van der Waals surface area contributed by atoms with Crippen LogP contribution in [0.3, 0.4) is 0 Å². The monoisotopic (exact) mass is 388 g/mol. The fourth-order valence-corrected chi connectivity index (χ4v) is 3.87. The molecule has 1 aromatic carbocycles. The lowest BCUT2D eigenvalue weighted by atomic mass is 9.86. The lowest BCUT2D eigenvalue weighted by Crippen LogP contribution is -2.53. The molecule has 2 aromatic rings. The third-order valence-electron chi connectivity index (χ3n) is 5.35. The summed E-state index contributed by atoms with van der Waals surface area (Å²) in [6.45, 7) is 0.869. The van der Waals surface area contributed by atoms with Gasteiger partial charge in [0, 0.05) is 35.2 Å². The number of nitrogens with zero attached hydrogens (tertiary/aromatic N) is 1. The topological polar surface area (TPSA) is 88.5 Å². The van der Waals surface area contributed by atoms with Gasteiger partial charge in [0.1, 0.15) is 0 Å². The van der Waals surface area contributed by atoms with Gasteiger partial charge in [-0.05, 0) is 49.9 Å². The molecule has 1 saturated carbocycles. The van der Waals surface area contributed by atoms with E-state index in [2.05, 4.69) is 10.3 Å². The van der Waals surface area contributed by atoms with Gasteiger partial charge in [0.25, 0.3) is 5.91 Å². The van der Waals surface area contributed by atoms with Crippen molar-refractivity contribution in [2.45, 2.75) is 43.6 Å². The molecule has 2 heterocycles. The summed E-state index contributed by atoms with van der Waals surface area (Å²) in [5.74, 6) is -0.819. The Morgan fingerprint density at radius 1 is 1.26 bits per heavy atom. The van der Waals surface area contributed by atoms with Gasteiger partial charge >= 0.3 is 5.97 Å². The highest BCUT2D eigenvalue weighted by Gasteiger charge is 2.37. The van der Waals surface area contributed by atoms with Crippen LogP contribution < -0.4 is 5.32 Å². The number of carboxylic acid groups (broad SMARTS) is 1. The van der Waals surface area contributed by atoms with Gasteiger partial charge in [-0.3, -0.25) is 14.6 Å². The van der Waals surface area contributed by atoms with Crippen LogP contribution in [0, 0.1) is 0 Å². The summed E-state index contributed by atoms with van der Waals surface area (Å²) in [5.41, 5.74) is 1.35. The number of nitrogens with one attached hydrogen (secondary N) is 1. The number of carbonyl (C=O) groups excluding carboxylic acids is 1. The number of aromatic nitrogens is 1. The predicted octanol–water partition coefficient (Wildman–Crippen LogP) is 3.52. The molecule has 2 aliphatic rings. The van der Waals surface area contributed by atoms with Crippen LogP contribution in [0.25, 0.3) is 10.9 Å². The summed E-state index contributed by atoms with van der Waals surface area (Å²) in [7, 11) is 0. The number of benzene rings is 1. The molecule has 0 radical (unpaired) electrons. The third kappa shape index (κ3) is 3.92. The molecule has 0 spiro atoms. The molecule has 1 aromatic heterocycles. The van der Waals surface area contributed by atoms with Crippen molar-refractivity contribution in [3.05, 3.63) is 40.5 Å². The lowest BCUT2D eigenvalue weighted by molar-refractivity contribution is -0.139. The third-order valence-corrected chi connectivity index (χ3v) is 5.58. The Morgan fingerprint density at radius 3 is 2.67 bits per heavy atom. The first-order valence-corrected chi connectivity index (χ1v) is 9.56. The Hall–Kier alpha value is -2.18. The zero-order chi connectivity index (χ0) is 19.0. The number of carbonyl (C=O) groups is 2.